The number of aryl methyl sites for hydroxylation is 2. The number of thiazole rings is 1. The van der Waals surface area contributed by atoms with Gasteiger partial charge in [-0.05, 0) is 38.8 Å². The lowest BCUT2D eigenvalue weighted by Gasteiger charge is -2.18. The first-order valence-electron chi connectivity index (χ1n) is 9.95. The Morgan fingerprint density at radius 1 is 1.26 bits per heavy atom. The number of rotatable bonds is 9. The van der Waals surface area contributed by atoms with Crippen LogP contribution in [0.1, 0.15) is 43.3 Å². The van der Waals surface area contributed by atoms with Gasteiger partial charge in [-0.1, -0.05) is 49.3 Å². The van der Waals surface area contributed by atoms with Crippen molar-refractivity contribution in [2.75, 3.05) is 11.1 Å². The van der Waals surface area contributed by atoms with Crippen molar-refractivity contribution in [3.63, 3.8) is 0 Å². The summed E-state index contributed by atoms with van der Waals surface area (Å²) in [4.78, 5) is 17.8. The van der Waals surface area contributed by atoms with E-state index in [1.54, 1.807) is 6.07 Å². The second-order valence-corrected chi connectivity index (χ2v) is 10.1. The molecule has 0 saturated carbocycles. The maximum atomic E-state index is 12.4. The zero-order chi connectivity index (χ0) is 22.5. The first kappa shape index (κ1) is 23.6. The molecule has 1 aromatic carbocycles. The largest absolute Gasteiger partial charge is 0.481 e. The molecule has 0 spiro atoms. The third kappa shape index (κ3) is 6.21. The quantitative estimate of drug-likeness (QED) is 0.406. The predicted molar refractivity (Wildman–Crippen MR) is 126 cm³/mol. The van der Waals surface area contributed by atoms with E-state index in [1.807, 2.05) is 43.5 Å². The first-order chi connectivity index (χ1) is 14.7. The van der Waals surface area contributed by atoms with E-state index in [2.05, 4.69) is 34.3 Å². The molecule has 1 amide bonds. The number of thioether (sulfide) groups is 1. The molecule has 3 rings (SSSR count). The van der Waals surface area contributed by atoms with Crippen molar-refractivity contribution < 1.29 is 9.53 Å². The highest BCUT2D eigenvalue weighted by atomic mass is 35.5. The Morgan fingerprint density at radius 2 is 2.00 bits per heavy atom. The lowest BCUT2D eigenvalue weighted by Crippen LogP contribution is -2.17. The predicted octanol–water partition coefficient (Wildman–Crippen LogP) is 5.53. The number of anilines is 1. The minimum absolute atomic E-state index is 0.125. The summed E-state index contributed by atoms with van der Waals surface area (Å²) >= 11 is 9.05. The number of hydrogen-bond acceptors (Lipinski definition) is 7. The van der Waals surface area contributed by atoms with Crippen LogP contribution in [0.3, 0.4) is 0 Å². The molecule has 0 bridgehead atoms. The van der Waals surface area contributed by atoms with Crippen molar-refractivity contribution in [3.8, 4) is 5.75 Å². The minimum atomic E-state index is -0.351. The van der Waals surface area contributed by atoms with Crippen molar-refractivity contribution in [2.24, 2.45) is 5.92 Å². The molecular formula is C21H26ClN5O2S2. The molecule has 3 aromatic rings. The van der Waals surface area contributed by atoms with E-state index in [4.69, 9.17) is 16.3 Å². The smallest absolute Gasteiger partial charge is 0.236 e. The van der Waals surface area contributed by atoms with Crippen LogP contribution in [0.15, 0.2) is 29.4 Å². The highest BCUT2D eigenvalue weighted by molar-refractivity contribution is 7.99. The number of nitrogens with zero attached hydrogens (tertiary/aromatic N) is 4. The highest BCUT2D eigenvalue weighted by Gasteiger charge is 2.22. The number of nitrogens with one attached hydrogen (secondary N) is 1. The summed E-state index contributed by atoms with van der Waals surface area (Å²) in [5.41, 5.74) is 0.932. The Kier molecular flexibility index (Phi) is 7.96. The molecule has 1 unspecified atom stereocenters. The molecule has 0 radical (unpaired) electrons. The van der Waals surface area contributed by atoms with Gasteiger partial charge >= 0.3 is 0 Å². The monoisotopic (exact) mass is 479 g/mol. The van der Waals surface area contributed by atoms with Gasteiger partial charge in [0.25, 0.3) is 0 Å². The zero-order valence-electron chi connectivity index (χ0n) is 18.2. The fraction of sp³-hybridized carbons (Fsp3) is 0.429. The number of carbonyl (C=O) groups is 1. The highest BCUT2D eigenvalue weighted by Crippen LogP contribution is 2.30. The van der Waals surface area contributed by atoms with E-state index < -0.39 is 0 Å². The van der Waals surface area contributed by atoms with Crippen molar-refractivity contribution >= 4 is 45.7 Å². The normalized spacial score (nSPS) is 12.2. The maximum Gasteiger partial charge on any atom is 0.236 e. The Morgan fingerprint density at radius 3 is 2.65 bits per heavy atom. The number of benzene rings is 1. The molecule has 1 N–H and O–H groups in total. The van der Waals surface area contributed by atoms with Crippen LogP contribution in [0, 0.1) is 19.8 Å². The van der Waals surface area contributed by atoms with Crippen molar-refractivity contribution in [1.29, 1.82) is 0 Å². The van der Waals surface area contributed by atoms with Crippen LogP contribution in [-0.2, 0) is 11.3 Å². The number of halogens is 1. The van der Waals surface area contributed by atoms with Crippen LogP contribution in [0.5, 0.6) is 5.75 Å². The third-order valence-corrected chi connectivity index (χ3v) is 6.67. The van der Waals surface area contributed by atoms with Gasteiger partial charge in [-0.3, -0.25) is 4.79 Å². The van der Waals surface area contributed by atoms with Crippen LogP contribution in [0.25, 0.3) is 0 Å². The van der Waals surface area contributed by atoms with E-state index >= 15 is 0 Å². The molecule has 10 heteroatoms. The lowest BCUT2D eigenvalue weighted by atomic mass is 10.2. The molecule has 0 aliphatic rings. The molecule has 31 heavy (non-hydrogen) atoms. The van der Waals surface area contributed by atoms with Crippen LogP contribution in [-0.4, -0.2) is 31.4 Å². The molecular weight excluding hydrogens is 454 g/mol. The van der Waals surface area contributed by atoms with Crippen molar-refractivity contribution in [1.82, 2.24) is 19.7 Å². The van der Waals surface area contributed by atoms with Gasteiger partial charge in [-0.2, -0.15) is 0 Å². The summed E-state index contributed by atoms with van der Waals surface area (Å²) in [6.45, 7) is 10.8. The van der Waals surface area contributed by atoms with Gasteiger partial charge in [0, 0.05) is 11.4 Å². The molecule has 0 aliphatic carbocycles. The first-order valence-corrected chi connectivity index (χ1v) is 12.1. The van der Waals surface area contributed by atoms with E-state index in [9.17, 15) is 4.79 Å². The SMILES string of the molecule is Cc1nc(NC(=O)CSc2nnc(C(C)Oc3ccccc3Cl)n2CC(C)C)sc1C. The van der Waals surface area contributed by atoms with Gasteiger partial charge in [0.1, 0.15) is 5.75 Å². The summed E-state index contributed by atoms with van der Waals surface area (Å²) in [7, 11) is 0. The molecule has 0 fully saturated rings. The number of para-hydroxylation sites is 1. The molecule has 7 nitrogen and oxygen atoms in total. The topological polar surface area (TPSA) is 81.9 Å². The summed E-state index contributed by atoms with van der Waals surface area (Å²) in [6.07, 6.45) is -0.351. The van der Waals surface area contributed by atoms with E-state index in [1.165, 1.54) is 23.1 Å². The maximum absolute atomic E-state index is 12.4. The molecule has 0 saturated heterocycles. The number of hydrogen-bond donors (Lipinski definition) is 1. The van der Waals surface area contributed by atoms with Crippen LogP contribution >= 0.6 is 34.7 Å². The van der Waals surface area contributed by atoms with Gasteiger partial charge in [0.2, 0.25) is 5.91 Å². The van der Waals surface area contributed by atoms with E-state index in [0.717, 1.165) is 10.6 Å². The van der Waals surface area contributed by atoms with Gasteiger partial charge in [-0.15, -0.1) is 21.5 Å². The van der Waals surface area contributed by atoms with Crippen LogP contribution < -0.4 is 10.1 Å². The zero-order valence-corrected chi connectivity index (χ0v) is 20.6. The fourth-order valence-electron chi connectivity index (χ4n) is 2.84. The Labute approximate surface area is 195 Å². The molecule has 166 valence electrons. The number of ether oxygens (including phenoxy) is 1. The second-order valence-electron chi connectivity index (χ2n) is 7.53. The van der Waals surface area contributed by atoms with Crippen LogP contribution in [0.4, 0.5) is 5.13 Å². The van der Waals surface area contributed by atoms with E-state index in [-0.39, 0.29) is 17.8 Å². The van der Waals surface area contributed by atoms with Gasteiger partial charge < -0.3 is 14.6 Å². The van der Waals surface area contributed by atoms with Crippen molar-refractivity contribution in [2.45, 2.75) is 52.4 Å². The van der Waals surface area contributed by atoms with Crippen LogP contribution in [0.2, 0.25) is 5.02 Å². The van der Waals surface area contributed by atoms with Gasteiger partial charge in [0.15, 0.2) is 22.2 Å². The fourth-order valence-corrected chi connectivity index (χ4v) is 4.61. The van der Waals surface area contributed by atoms with Gasteiger partial charge in [-0.25, -0.2) is 4.98 Å². The summed E-state index contributed by atoms with van der Waals surface area (Å²) in [5, 5.41) is 13.4. The molecule has 2 heterocycles. The molecule has 1 atom stereocenters. The van der Waals surface area contributed by atoms with E-state index in [0.29, 0.717) is 39.3 Å². The minimum Gasteiger partial charge on any atom is -0.481 e. The average Bonchev–Trinajstić information content (AvgIpc) is 3.24. The summed E-state index contributed by atoms with van der Waals surface area (Å²) in [6, 6.07) is 7.34. The second kappa shape index (κ2) is 10.5. The Balaban J connectivity index is 1.70. The Bertz CT molecular complexity index is 1030. The summed E-state index contributed by atoms with van der Waals surface area (Å²) in [5.74, 6) is 1.76. The van der Waals surface area contributed by atoms with Crippen molar-refractivity contribution in [3.05, 3.63) is 45.7 Å². The number of aromatic nitrogens is 4. The Hall–Kier alpha value is -2.10. The average molecular weight is 480 g/mol. The number of amides is 1. The van der Waals surface area contributed by atoms with Gasteiger partial charge in [0.05, 0.1) is 16.5 Å². The number of carbonyl (C=O) groups excluding carboxylic acids is 1. The molecule has 0 aliphatic heterocycles. The summed E-state index contributed by atoms with van der Waals surface area (Å²) < 4.78 is 8.05. The standard InChI is InChI=1S/C21H26ClN5O2S2/c1-12(2)10-27-19(14(4)29-17-9-7-6-8-16(17)22)25-26-21(27)30-11-18(28)24-20-23-13(3)15(5)31-20/h6-9,12,14H,10-11H2,1-5H3,(H,23,24,28). The molecule has 2 aromatic heterocycles. The third-order valence-electron chi connectivity index (χ3n) is 4.40. The lowest BCUT2D eigenvalue weighted by molar-refractivity contribution is -0.113.